The minimum atomic E-state index is -1.09. The average molecular weight is 302 g/mol. The number of hydrogen-bond acceptors (Lipinski definition) is 2. The van der Waals surface area contributed by atoms with Gasteiger partial charge in [-0.05, 0) is 31.0 Å². The Labute approximate surface area is 120 Å². The predicted octanol–water partition coefficient (Wildman–Crippen LogP) is 2.61. The molecule has 1 amide bonds. The van der Waals surface area contributed by atoms with Crippen molar-refractivity contribution in [2.75, 3.05) is 6.54 Å². The van der Waals surface area contributed by atoms with Gasteiger partial charge in [0.15, 0.2) is 0 Å². The molecule has 1 fully saturated rings. The number of halogens is 2. The van der Waals surface area contributed by atoms with Crippen molar-refractivity contribution in [3.63, 3.8) is 0 Å². The first-order chi connectivity index (χ1) is 8.84. The van der Waals surface area contributed by atoms with Gasteiger partial charge in [0, 0.05) is 16.6 Å². The second-order valence-corrected chi connectivity index (χ2v) is 5.63. The lowest BCUT2D eigenvalue weighted by molar-refractivity contribution is -0.168. The first-order valence-corrected chi connectivity index (χ1v) is 6.58. The number of rotatable bonds is 3. The third kappa shape index (κ3) is 2.55. The third-order valence-electron chi connectivity index (χ3n) is 3.54. The van der Waals surface area contributed by atoms with Crippen LogP contribution < -0.4 is 0 Å². The van der Waals surface area contributed by atoms with E-state index in [1.807, 2.05) is 0 Å². The predicted molar refractivity (Wildman–Crippen MR) is 72.5 cm³/mol. The molecule has 0 bridgehead atoms. The number of likely N-dealkylation sites (tertiary alicyclic amines) is 1. The molecular formula is C13H13Cl2NO3. The molecule has 1 saturated heterocycles. The summed E-state index contributed by atoms with van der Waals surface area (Å²) in [5.74, 6) is -1.21. The van der Waals surface area contributed by atoms with E-state index in [0.717, 1.165) is 0 Å². The Morgan fingerprint density at radius 3 is 2.58 bits per heavy atom. The molecule has 1 aliphatic heterocycles. The number of amides is 1. The summed E-state index contributed by atoms with van der Waals surface area (Å²) in [4.78, 5) is 24.6. The second kappa shape index (κ2) is 5.02. The molecule has 19 heavy (non-hydrogen) atoms. The van der Waals surface area contributed by atoms with E-state index in [0.29, 0.717) is 28.6 Å². The number of carbonyl (C=O) groups excluding carboxylic acids is 1. The highest BCUT2D eigenvalue weighted by atomic mass is 35.5. The fourth-order valence-corrected chi connectivity index (χ4v) is 2.58. The van der Waals surface area contributed by atoms with Crippen molar-refractivity contribution < 1.29 is 14.7 Å². The zero-order valence-electron chi connectivity index (χ0n) is 10.3. The number of nitrogens with zero attached hydrogens (tertiary/aromatic N) is 1. The van der Waals surface area contributed by atoms with Crippen molar-refractivity contribution in [2.45, 2.75) is 25.3 Å². The molecule has 102 valence electrons. The van der Waals surface area contributed by atoms with Crippen molar-refractivity contribution in [1.29, 1.82) is 0 Å². The van der Waals surface area contributed by atoms with Crippen LogP contribution in [0.3, 0.4) is 0 Å². The largest absolute Gasteiger partial charge is 0.480 e. The number of benzene rings is 1. The van der Waals surface area contributed by atoms with Crippen molar-refractivity contribution in [1.82, 2.24) is 4.90 Å². The summed E-state index contributed by atoms with van der Waals surface area (Å²) in [6.07, 6.45) is 0.557. The Kier molecular flexibility index (Phi) is 3.74. The Morgan fingerprint density at radius 2 is 2.11 bits per heavy atom. The maximum Gasteiger partial charge on any atom is 0.329 e. The Balaban J connectivity index is 2.12. The van der Waals surface area contributed by atoms with E-state index >= 15 is 0 Å². The molecule has 1 aromatic carbocycles. The van der Waals surface area contributed by atoms with E-state index in [-0.39, 0.29) is 12.3 Å². The summed E-state index contributed by atoms with van der Waals surface area (Å²) in [6.45, 7) is 2.02. The summed E-state index contributed by atoms with van der Waals surface area (Å²) < 4.78 is 0. The topological polar surface area (TPSA) is 57.6 Å². The van der Waals surface area contributed by atoms with Crippen LogP contribution >= 0.6 is 23.2 Å². The number of carbonyl (C=O) groups is 2. The lowest BCUT2D eigenvalue weighted by Gasteiger charge is -2.47. The van der Waals surface area contributed by atoms with Gasteiger partial charge in [0.25, 0.3) is 0 Å². The quantitative estimate of drug-likeness (QED) is 0.933. The molecule has 1 N–H and O–H groups in total. The van der Waals surface area contributed by atoms with Crippen molar-refractivity contribution >= 4 is 35.1 Å². The first-order valence-electron chi connectivity index (χ1n) is 5.82. The molecule has 1 atom stereocenters. The number of hydrogen-bond donors (Lipinski definition) is 1. The molecule has 4 nitrogen and oxygen atoms in total. The van der Waals surface area contributed by atoms with Crippen LogP contribution in [0.4, 0.5) is 0 Å². The Bertz CT molecular complexity index is 547. The van der Waals surface area contributed by atoms with Crippen molar-refractivity contribution in [3.05, 3.63) is 33.8 Å². The minimum absolute atomic E-state index is 0.0822. The molecule has 0 aromatic heterocycles. The monoisotopic (exact) mass is 301 g/mol. The Morgan fingerprint density at radius 1 is 1.42 bits per heavy atom. The lowest BCUT2D eigenvalue weighted by atomic mass is 9.86. The van der Waals surface area contributed by atoms with E-state index < -0.39 is 11.5 Å². The van der Waals surface area contributed by atoms with Gasteiger partial charge >= 0.3 is 5.97 Å². The standard InChI is InChI=1S/C13H13Cl2NO3/c1-13(12(18)19)4-5-16(13)11(17)6-8-2-3-9(14)7-10(8)15/h2-3,7H,4-6H2,1H3,(H,18,19). The molecule has 1 unspecified atom stereocenters. The summed E-state index contributed by atoms with van der Waals surface area (Å²) >= 11 is 11.8. The van der Waals surface area contributed by atoms with Gasteiger partial charge in [0.05, 0.1) is 6.42 Å². The van der Waals surface area contributed by atoms with E-state index in [1.165, 1.54) is 4.90 Å². The smallest absolute Gasteiger partial charge is 0.329 e. The summed E-state index contributed by atoms with van der Waals surface area (Å²) in [7, 11) is 0. The number of carboxylic acid groups (broad SMARTS) is 1. The molecule has 6 heteroatoms. The van der Waals surface area contributed by atoms with Crippen molar-refractivity contribution in [3.8, 4) is 0 Å². The summed E-state index contributed by atoms with van der Waals surface area (Å²) in [5, 5.41) is 10.0. The molecule has 1 aliphatic rings. The minimum Gasteiger partial charge on any atom is -0.480 e. The highest BCUT2D eigenvalue weighted by molar-refractivity contribution is 6.35. The van der Waals surface area contributed by atoms with Gasteiger partial charge in [-0.3, -0.25) is 4.79 Å². The molecule has 0 radical (unpaired) electrons. The summed E-state index contributed by atoms with van der Waals surface area (Å²) in [6, 6.07) is 4.90. The summed E-state index contributed by atoms with van der Waals surface area (Å²) in [5.41, 5.74) is -0.439. The van der Waals surface area contributed by atoms with Crippen LogP contribution in [0.1, 0.15) is 18.9 Å². The maximum atomic E-state index is 12.1. The highest BCUT2D eigenvalue weighted by Gasteiger charge is 2.49. The molecule has 1 heterocycles. The zero-order chi connectivity index (χ0) is 14.2. The van der Waals surface area contributed by atoms with Gasteiger partial charge in [0.1, 0.15) is 5.54 Å². The second-order valence-electron chi connectivity index (χ2n) is 4.79. The highest BCUT2D eigenvalue weighted by Crippen LogP contribution is 2.32. The molecule has 0 spiro atoms. The van der Waals surface area contributed by atoms with Crippen LogP contribution in [0.5, 0.6) is 0 Å². The van der Waals surface area contributed by atoms with Crippen LogP contribution in [0.15, 0.2) is 18.2 Å². The van der Waals surface area contributed by atoms with E-state index in [4.69, 9.17) is 28.3 Å². The average Bonchev–Trinajstić information content (AvgIpc) is 2.30. The number of carboxylic acids is 1. The molecular weight excluding hydrogens is 289 g/mol. The zero-order valence-corrected chi connectivity index (χ0v) is 11.8. The van der Waals surface area contributed by atoms with Gasteiger partial charge in [0.2, 0.25) is 5.91 Å². The molecule has 0 aliphatic carbocycles. The van der Waals surface area contributed by atoms with Crippen LogP contribution in [0.2, 0.25) is 10.0 Å². The number of aliphatic carboxylic acids is 1. The lowest BCUT2D eigenvalue weighted by Crippen LogP contribution is -2.65. The van der Waals surface area contributed by atoms with Gasteiger partial charge in [-0.2, -0.15) is 0 Å². The Hall–Kier alpha value is -1.26. The van der Waals surface area contributed by atoms with Crippen LogP contribution in [-0.2, 0) is 16.0 Å². The SMILES string of the molecule is CC1(C(=O)O)CCN1C(=O)Cc1ccc(Cl)cc1Cl. The van der Waals surface area contributed by atoms with Gasteiger partial charge < -0.3 is 10.0 Å². The normalized spacial score (nSPS) is 21.9. The van der Waals surface area contributed by atoms with E-state index in [1.54, 1.807) is 25.1 Å². The first kappa shape index (κ1) is 14.2. The van der Waals surface area contributed by atoms with Crippen LogP contribution in [0.25, 0.3) is 0 Å². The molecule has 0 saturated carbocycles. The van der Waals surface area contributed by atoms with Gasteiger partial charge in [-0.1, -0.05) is 29.3 Å². The van der Waals surface area contributed by atoms with Crippen molar-refractivity contribution in [2.24, 2.45) is 0 Å². The third-order valence-corrected chi connectivity index (χ3v) is 4.12. The van der Waals surface area contributed by atoms with E-state index in [9.17, 15) is 9.59 Å². The van der Waals surface area contributed by atoms with E-state index in [2.05, 4.69) is 0 Å². The van der Waals surface area contributed by atoms with Crippen LogP contribution in [0, 0.1) is 0 Å². The van der Waals surface area contributed by atoms with Gasteiger partial charge in [-0.15, -0.1) is 0 Å². The maximum absolute atomic E-state index is 12.1. The van der Waals surface area contributed by atoms with Gasteiger partial charge in [-0.25, -0.2) is 4.79 Å². The molecule has 1 aromatic rings. The molecule has 2 rings (SSSR count). The fourth-order valence-electron chi connectivity index (χ4n) is 2.10. The fraction of sp³-hybridized carbons (Fsp3) is 0.385. The van der Waals surface area contributed by atoms with Crippen LogP contribution in [-0.4, -0.2) is 34.0 Å².